The number of aromatic nitrogens is 1. The van der Waals surface area contributed by atoms with Crippen molar-refractivity contribution in [2.24, 2.45) is 0 Å². The largest absolute Gasteiger partial charge is 0.269 e. The molecular formula is C14H14N2O2. The molecule has 0 saturated carbocycles. The average Bonchev–Trinajstić information content (AvgIpc) is 2.40. The molecule has 0 unspecified atom stereocenters. The van der Waals surface area contributed by atoms with Gasteiger partial charge in [-0.1, -0.05) is 19.4 Å². The number of hydrogen-bond donors (Lipinski definition) is 0. The lowest BCUT2D eigenvalue weighted by molar-refractivity contribution is -0.384. The van der Waals surface area contributed by atoms with Crippen molar-refractivity contribution in [2.75, 3.05) is 0 Å². The molecule has 0 aliphatic heterocycles. The van der Waals surface area contributed by atoms with E-state index in [2.05, 4.69) is 11.9 Å². The Bertz CT molecular complexity index is 550. The number of rotatable bonds is 4. The van der Waals surface area contributed by atoms with Crippen molar-refractivity contribution in [3.05, 3.63) is 58.4 Å². The molecule has 0 amide bonds. The van der Waals surface area contributed by atoms with Crippen LogP contribution < -0.4 is 0 Å². The molecule has 2 aromatic rings. The minimum absolute atomic E-state index is 0.111. The molecule has 0 atom stereocenters. The highest BCUT2D eigenvalue weighted by molar-refractivity contribution is 5.66. The van der Waals surface area contributed by atoms with Crippen LogP contribution in [0, 0.1) is 10.1 Å². The number of nitrogens with zero attached hydrogens (tertiary/aromatic N) is 2. The zero-order chi connectivity index (χ0) is 13.0. The first kappa shape index (κ1) is 12.2. The van der Waals surface area contributed by atoms with Gasteiger partial charge < -0.3 is 0 Å². The van der Waals surface area contributed by atoms with Gasteiger partial charge in [0.1, 0.15) is 0 Å². The number of hydrogen-bond acceptors (Lipinski definition) is 3. The number of pyridine rings is 1. The molecular weight excluding hydrogens is 228 g/mol. The van der Waals surface area contributed by atoms with E-state index in [0.29, 0.717) is 0 Å². The van der Waals surface area contributed by atoms with Gasteiger partial charge >= 0.3 is 0 Å². The molecule has 0 aliphatic rings. The van der Waals surface area contributed by atoms with Crippen molar-refractivity contribution in [3.63, 3.8) is 0 Å². The van der Waals surface area contributed by atoms with Crippen LogP contribution in [-0.2, 0) is 6.42 Å². The van der Waals surface area contributed by atoms with Gasteiger partial charge in [-0.25, -0.2) is 0 Å². The molecule has 0 fully saturated rings. The van der Waals surface area contributed by atoms with E-state index in [9.17, 15) is 10.1 Å². The molecule has 4 heteroatoms. The third-order valence-electron chi connectivity index (χ3n) is 2.77. The van der Waals surface area contributed by atoms with E-state index in [1.54, 1.807) is 18.3 Å². The zero-order valence-electron chi connectivity index (χ0n) is 10.2. The van der Waals surface area contributed by atoms with Crippen molar-refractivity contribution in [1.29, 1.82) is 0 Å². The number of nitro benzene ring substituents is 1. The second-order valence-corrected chi connectivity index (χ2v) is 4.05. The van der Waals surface area contributed by atoms with Crippen LogP contribution in [0.25, 0.3) is 11.1 Å². The van der Waals surface area contributed by atoms with Crippen LogP contribution in [0.15, 0.2) is 42.6 Å². The molecule has 1 aromatic carbocycles. The molecule has 0 bridgehead atoms. The van der Waals surface area contributed by atoms with E-state index in [0.717, 1.165) is 29.7 Å². The summed E-state index contributed by atoms with van der Waals surface area (Å²) >= 11 is 0. The molecule has 18 heavy (non-hydrogen) atoms. The van der Waals surface area contributed by atoms with Crippen molar-refractivity contribution >= 4 is 5.69 Å². The van der Waals surface area contributed by atoms with Crippen LogP contribution in [0.4, 0.5) is 5.69 Å². The minimum Gasteiger partial charge on any atom is -0.261 e. The highest BCUT2D eigenvalue weighted by atomic mass is 16.6. The maximum Gasteiger partial charge on any atom is 0.269 e. The summed E-state index contributed by atoms with van der Waals surface area (Å²) < 4.78 is 0. The van der Waals surface area contributed by atoms with Gasteiger partial charge in [0.05, 0.1) is 4.92 Å². The molecule has 1 heterocycles. The van der Waals surface area contributed by atoms with Crippen LogP contribution in [0.3, 0.4) is 0 Å². The van der Waals surface area contributed by atoms with Crippen molar-refractivity contribution in [3.8, 4) is 11.1 Å². The predicted octanol–water partition coefficient (Wildman–Crippen LogP) is 3.61. The van der Waals surface area contributed by atoms with E-state index in [1.165, 1.54) is 12.1 Å². The summed E-state index contributed by atoms with van der Waals surface area (Å²) in [5, 5.41) is 10.6. The normalized spacial score (nSPS) is 10.3. The molecule has 0 aliphatic carbocycles. The van der Waals surface area contributed by atoms with E-state index < -0.39 is 0 Å². The van der Waals surface area contributed by atoms with E-state index in [1.807, 2.05) is 12.1 Å². The Morgan fingerprint density at radius 1 is 1.22 bits per heavy atom. The Labute approximate surface area is 105 Å². The standard InChI is InChI=1S/C14H14N2O2/c1-2-4-14-13(5-3-10-15-14)11-6-8-12(9-7-11)16(17)18/h3,5-10H,2,4H2,1H3. The number of non-ortho nitro benzene ring substituents is 1. The zero-order valence-corrected chi connectivity index (χ0v) is 10.2. The summed E-state index contributed by atoms with van der Waals surface area (Å²) in [6.45, 7) is 2.11. The lowest BCUT2D eigenvalue weighted by Gasteiger charge is -2.07. The monoisotopic (exact) mass is 242 g/mol. The molecule has 0 radical (unpaired) electrons. The summed E-state index contributed by atoms with van der Waals surface area (Å²) in [7, 11) is 0. The van der Waals surface area contributed by atoms with Crippen LogP contribution in [-0.4, -0.2) is 9.91 Å². The Morgan fingerprint density at radius 2 is 1.94 bits per heavy atom. The summed E-state index contributed by atoms with van der Waals surface area (Å²) in [6.07, 6.45) is 3.71. The van der Waals surface area contributed by atoms with Gasteiger partial charge in [-0.2, -0.15) is 0 Å². The molecule has 2 rings (SSSR count). The SMILES string of the molecule is CCCc1ncccc1-c1ccc([N+](=O)[O-])cc1. The van der Waals surface area contributed by atoms with Crippen LogP contribution in [0.1, 0.15) is 19.0 Å². The fraction of sp³-hybridized carbons (Fsp3) is 0.214. The maximum absolute atomic E-state index is 10.6. The number of aryl methyl sites for hydroxylation is 1. The molecule has 0 saturated heterocycles. The van der Waals surface area contributed by atoms with Crippen molar-refractivity contribution in [1.82, 2.24) is 4.98 Å². The van der Waals surface area contributed by atoms with Crippen LogP contribution in [0.5, 0.6) is 0 Å². The van der Waals surface area contributed by atoms with Gasteiger partial charge in [0, 0.05) is 29.6 Å². The third-order valence-corrected chi connectivity index (χ3v) is 2.77. The Hall–Kier alpha value is -2.23. The third kappa shape index (κ3) is 2.53. The number of nitro groups is 1. The fourth-order valence-electron chi connectivity index (χ4n) is 1.90. The maximum atomic E-state index is 10.6. The Balaban J connectivity index is 2.39. The first-order valence-electron chi connectivity index (χ1n) is 5.91. The average molecular weight is 242 g/mol. The number of benzene rings is 1. The summed E-state index contributed by atoms with van der Waals surface area (Å²) in [6, 6.07) is 10.5. The highest BCUT2D eigenvalue weighted by Gasteiger charge is 2.08. The van der Waals surface area contributed by atoms with E-state index in [-0.39, 0.29) is 10.6 Å². The van der Waals surface area contributed by atoms with Crippen molar-refractivity contribution < 1.29 is 4.92 Å². The molecule has 0 spiro atoms. The fourth-order valence-corrected chi connectivity index (χ4v) is 1.90. The predicted molar refractivity (Wildman–Crippen MR) is 70.3 cm³/mol. The van der Waals surface area contributed by atoms with Gasteiger partial charge in [0.15, 0.2) is 0 Å². The summed E-state index contributed by atoms with van der Waals surface area (Å²) in [5.41, 5.74) is 3.17. The van der Waals surface area contributed by atoms with Gasteiger partial charge in [0.2, 0.25) is 0 Å². The van der Waals surface area contributed by atoms with Gasteiger partial charge in [-0.3, -0.25) is 15.1 Å². The second-order valence-electron chi connectivity index (χ2n) is 4.05. The van der Waals surface area contributed by atoms with Gasteiger partial charge in [0.25, 0.3) is 5.69 Å². The Kier molecular flexibility index (Phi) is 3.67. The molecule has 4 nitrogen and oxygen atoms in total. The van der Waals surface area contributed by atoms with E-state index in [4.69, 9.17) is 0 Å². The van der Waals surface area contributed by atoms with Crippen LogP contribution in [0.2, 0.25) is 0 Å². The summed E-state index contributed by atoms with van der Waals surface area (Å²) in [4.78, 5) is 14.6. The summed E-state index contributed by atoms with van der Waals surface area (Å²) in [5.74, 6) is 0. The smallest absolute Gasteiger partial charge is 0.261 e. The molecule has 92 valence electrons. The van der Waals surface area contributed by atoms with Crippen molar-refractivity contribution in [2.45, 2.75) is 19.8 Å². The Morgan fingerprint density at radius 3 is 2.56 bits per heavy atom. The topological polar surface area (TPSA) is 56.0 Å². The van der Waals surface area contributed by atoms with Gasteiger partial charge in [-0.05, 0) is 30.2 Å². The first-order valence-corrected chi connectivity index (χ1v) is 5.91. The van der Waals surface area contributed by atoms with Gasteiger partial charge in [-0.15, -0.1) is 0 Å². The first-order chi connectivity index (χ1) is 8.72. The van der Waals surface area contributed by atoms with E-state index >= 15 is 0 Å². The minimum atomic E-state index is -0.389. The highest BCUT2D eigenvalue weighted by Crippen LogP contribution is 2.25. The second kappa shape index (κ2) is 5.40. The lowest BCUT2D eigenvalue weighted by atomic mass is 10.0. The molecule has 0 N–H and O–H groups in total. The molecule has 1 aromatic heterocycles. The van der Waals surface area contributed by atoms with Crippen LogP contribution >= 0.6 is 0 Å². The lowest BCUT2D eigenvalue weighted by Crippen LogP contribution is -1.93. The quantitative estimate of drug-likeness (QED) is 0.608.